The molecule has 1 aliphatic heterocycles. The number of hydrogen-bond donors (Lipinski definition) is 0. The molecule has 0 aromatic heterocycles. The zero-order valence-electron chi connectivity index (χ0n) is 15.5. The minimum atomic E-state index is -0.401. The Labute approximate surface area is 174 Å². The van der Waals surface area contributed by atoms with Crippen molar-refractivity contribution in [2.75, 3.05) is 4.90 Å². The van der Waals surface area contributed by atoms with Crippen molar-refractivity contribution < 1.29 is 14.3 Å². The Morgan fingerprint density at radius 3 is 2.31 bits per heavy atom. The second kappa shape index (κ2) is 8.33. The van der Waals surface area contributed by atoms with Crippen molar-refractivity contribution in [3.8, 4) is 0 Å². The van der Waals surface area contributed by atoms with Crippen LogP contribution in [0.1, 0.15) is 27.9 Å². The van der Waals surface area contributed by atoms with E-state index in [0.29, 0.717) is 22.7 Å². The number of benzene rings is 3. The van der Waals surface area contributed by atoms with Crippen LogP contribution < -0.4 is 4.90 Å². The first-order valence-corrected chi connectivity index (χ1v) is 9.60. The van der Waals surface area contributed by atoms with Gasteiger partial charge >= 0.3 is 5.97 Å². The van der Waals surface area contributed by atoms with E-state index < -0.39 is 5.97 Å². The molecule has 0 aliphatic carbocycles. The van der Waals surface area contributed by atoms with Crippen LogP contribution in [0, 0.1) is 0 Å². The average Bonchev–Trinajstić information content (AvgIpc) is 3.15. The van der Waals surface area contributed by atoms with Gasteiger partial charge in [0.25, 0.3) is 0 Å². The largest absolute Gasteiger partial charge is 0.457 e. The third-order valence-corrected chi connectivity index (χ3v) is 4.93. The Morgan fingerprint density at radius 2 is 1.62 bits per heavy atom. The van der Waals surface area contributed by atoms with Gasteiger partial charge in [-0.15, -0.1) is 0 Å². The number of amides is 1. The van der Waals surface area contributed by atoms with E-state index in [-0.39, 0.29) is 12.5 Å². The van der Waals surface area contributed by atoms with Gasteiger partial charge in [0.2, 0.25) is 5.91 Å². The van der Waals surface area contributed by atoms with E-state index >= 15 is 0 Å². The smallest absolute Gasteiger partial charge is 0.338 e. The highest BCUT2D eigenvalue weighted by Gasteiger charge is 2.26. The minimum Gasteiger partial charge on any atom is -0.457 e. The maximum absolute atomic E-state index is 12.5. The van der Waals surface area contributed by atoms with Crippen LogP contribution in [0.5, 0.6) is 0 Å². The first kappa shape index (κ1) is 19.0. The summed E-state index contributed by atoms with van der Waals surface area (Å²) in [5.74, 6) is -0.420. The van der Waals surface area contributed by atoms with Crippen molar-refractivity contribution in [2.45, 2.75) is 13.0 Å². The number of carbonyl (C=O) groups excluding carboxylic acids is 2. The van der Waals surface area contributed by atoms with Crippen LogP contribution in [0.2, 0.25) is 5.02 Å². The van der Waals surface area contributed by atoms with Gasteiger partial charge in [0.1, 0.15) is 6.61 Å². The van der Waals surface area contributed by atoms with Gasteiger partial charge in [0, 0.05) is 17.1 Å². The molecule has 0 saturated heterocycles. The summed E-state index contributed by atoms with van der Waals surface area (Å²) < 4.78 is 5.36. The first-order chi connectivity index (χ1) is 14.1. The molecule has 29 heavy (non-hydrogen) atoms. The topological polar surface area (TPSA) is 46.6 Å². The lowest BCUT2D eigenvalue weighted by molar-refractivity contribution is -0.116. The molecule has 0 radical (unpaired) electrons. The monoisotopic (exact) mass is 403 g/mol. The Kier molecular flexibility index (Phi) is 5.45. The van der Waals surface area contributed by atoms with E-state index in [4.69, 9.17) is 16.3 Å². The molecule has 5 heteroatoms. The van der Waals surface area contributed by atoms with Crippen molar-refractivity contribution in [3.05, 3.63) is 107 Å². The van der Waals surface area contributed by atoms with E-state index in [9.17, 15) is 9.59 Å². The summed E-state index contributed by atoms with van der Waals surface area (Å²) >= 11 is 5.97. The molecule has 1 aliphatic rings. The minimum absolute atomic E-state index is 0.0191. The van der Waals surface area contributed by atoms with E-state index in [0.717, 1.165) is 16.8 Å². The first-order valence-electron chi connectivity index (χ1n) is 9.22. The lowest BCUT2D eigenvalue weighted by Crippen LogP contribution is -2.24. The van der Waals surface area contributed by atoms with Gasteiger partial charge in [-0.05, 0) is 47.5 Å². The van der Waals surface area contributed by atoms with Crippen LogP contribution in [-0.2, 0) is 16.1 Å². The number of ether oxygens (including phenoxy) is 1. The Morgan fingerprint density at radius 1 is 0.931 bits per heavy atom. The van der Waals surface area contributed by atoms with Gasteiger partial charge in [-0.3, -0.25) is 9.69 Å². The zero-order chi connectivity index (χ0) is 20.2. The molecule has 0 fully saturated rings. The fourth-order valence-corrected chi connectivity index (χ4v) is 3.33. The lowest BCUT2D eigenvalue weighted by Gasteiger charge is -2.21. The van der Waals surface area contributed by atoms with Crippen molar-refractivity contribution >= 4 is 34.9 Å². The summed E-state index contributed by atoms with van der Waals surface area (Å²) in [5.41, 5.74) is 3.79. The zero-order valence-corrected chi connectivity index (χ0v) is 16.3. The Bertz CT molecular complexity index is 1060. The van der Waals surface area contributed by atoms with Gasteiger partial charge in [0.15, 0.2) is 0 Å². The Hall–Kier alpha value is -3.37. The molecule has 3 aromatic carbocycles. The van der Waals surface area contributed by atoms with Crippen molar-refractivity contribution in [3.63, 3.8) is 0 Å². The number of carbonyl (C=O) groups is 2. The van der Waals surface area contributed by atoms with Gasteiger partial charge in [-0.2, -0.15) is 0 Å². The highest BCUT2D eigenvalue weighted by molar-refractivity contribution is 6.30. The van der Waals surface area contributed by atoms with Crippen LogP contribution >= 0.6 is 11.6 Å². The molecule has 4 nitrogen and oxygen atoms in total. The van der Waals surface area contributed by atoms with Crippen LogP contribution in [0.25, 0.3) is 5.70 Å². The normalized spacial score (nSPS) is 13.3. The molecule has 0 saturated carbocycles. The molecule has 0 spiro atoms. The van der Waals surface area contributed by atoms with Gasteiger partial charge < -0.3 is 4.74 Å². The number of hydrogen-bond acceptors (Lipinski definition) is 3. The number of rotatable bonds is 5. The quantitative estimate of drug-likeness (QED) is 0.530. The van der Waals surface area contributed by atoms with Gasteiger partial charge in [0.05, 0.1) is 11.3 Å². The third kappa shape index (κ3) is 4.23. The van der Waals surface area contributed by atoms with Crippen molar-refractivity contribution in [1.82, 2.24) is 0 Å². The third-order valence-electron chi connectivity index (χ3n) is 4.67. The maximum Gasteiger partial charge on any atom is 0.338 e. The molecular formula is C24H18ClNO3. The molecule has 0 bridgehead atoms. The highest BCUT2D eigenvalue weighted by Crippen LogP contribution is 2.32. The van der Waals surface area contributed by atoms with E-state index in [2.05, 4.69) is 0 Å². The average molecular weight is 404 g/mol. The molecule has 1 amide bonds. The van der Waals surface area contributed by atoms with Gasteiger partial charge in [-0.1, -0.05) is 60.1 Å². The molecule has 0 N–H and O–H groups in total. The fraction of sp³-hybridized carbons (Fsp3) is 0.0833. The van der Waals surface area contributed by atoms with E-state index in [1.807, 2.05) is 48.5 Å². The summed E-state index contributed by atoms with van der Waals surface area (Å²) in [6, 6.07) is 23.7. The second-order valence-corrected chi connectivity index (χ2v) is 7.07. The predicted octanol–water partition coefficient (Wildman–Crippen LogP) is 5.47. The molecule has 3 aromatic rings. The molecule has 144 valence electrons. The summed E-state index contributed by atoms with van der Waals surface area (Å²) in [7, 11) is 0. The number of halogens is 1. The molecular weight excluding hydrogens is 386 g/mol. The molecule has 1 heterocycles. The van der Waals surface area contributed by atoms with Crippen LogP contribution in [0.3, 0.4) is 0 Å². The lowest BCUT2D eigenvalue weighted by atomic mass is 10.1. The van der Waals surface area contributed by atoms with Crippen molar-refractivity contribution in [2.24, 2.45) is 0 Å². The SMILES string of the molecule is O=C(OCc1ccccc1)c1ccc(N2C(=O)CC=C2c2ccc(Cl)cc2)cc1. The number of nitrogens with zero attached hydrogens (tertiary/aromatic N) is 1. The van der Waals surface area contributed by atoms with Crippen LogP contribution in [0.4, 0.5) is 5.69 Å². The van der Waals surface area contributed by atoms with Crippen molar-refractivity contribution in [1.29, 1.82) is 0 Å². The van der Waals surface area contributed by atoms with Crippen LogP contribution in [-0.4, -0.2) is 11.9 Å². The van der Waals surface area contributed by atoms with E-state index in [1.54, 1.807) is 41.3 Å². The summed E-state index contributed by atoms with van der Waals surface area (Å²) in [4.78, 5) is 26.4. The summed E-state index contributed by atoms with van der Waals surface area (Å²) in [5, 5.41) is 0.642. The Balaban J connectivity index is 1.49. The van der Waals surface area contributed by atoms with E-state index in [1.165, 1.54) is 0 Å². The maximum atomic E-state index is 12.5. The molecule has 0 atom stereocenters. The predicted molar refractivity (Wildman–Crippen MR) is 114 cm³/mol. The summed E-state index contributed by atoms with van der Waals surface area (Å²) in [6.45, 7) is 0.218. The van der Waals surface area contributed by atoms with Gasteiger partial charge in [-0.25, -0.2) is 4.79 Å². The number of esters is 1. The summed E-state index contributed by atoms with van der Waals surface area (Å²) in [6.07, 6.45) is 2.23. The molecule has 4 rings (SSSR count). The highest BCUT2D eigenvalue weighted by atomic mass is 35.5. The standard InChI is InChI=1S/C24H18ClNO3/c25-20-10-6-18(7-11-20)22-14-15-23(27)26(22)21-12-8-19(9-13-21)24(28)29-16-17-4-2-1-3-5-17/h1-14H,15-16H2. The molecule has 0 unspecified atom stereocenters. The van der Waals surface area contributed by atoms with Crippen LogP contribution in [0.15, 0.2) is 84.9 Å². The number of anilines is 1. The second-order valence-electron chi connectivity index (χ2n) is 6.64. The fourth-order valence-electron chi connectivity index (χ4n) is 3.20.